The highest BCUT2D eigenvalue weighted by atomic mass is 16.5. The highest BCUT2D eigenvalue weighted by molar-refractivity contribution is 5.92. The molecule has 0 aromatic heterocycles. The van der Waals surface area contributed by atoms with E-state index in [0.29, 0.717) is 25.7 Å². The van der Waals surface area contributed by atoms with Gasteiger partial charge in [0.25, 0.3) is 0 Å². The monoisotopic (exact) mass is 599 g/mol. The molecule has 0 bridgehead atoms. The van der Waals surface area contributed by atoms with Crippen molar-refractivity contribution in [2.75, 3.05) is 6.54 Å². The molecule has 1 aromatic rings. The van der Waals surface area contributed by atoms with Crippen LogP contribution >= 0.6 is 0 Å². The van der Waals surface area contributed by atoms with Crippen LogP contribution < -0.4 is 16.0 Å². The fourth-order valence-corrected chi connectivity index (χ4v) is 6.08. The number of ketones is 1. The van der Waals surface area contributed by atoms with Crippen LogP contribution in [0.2, 0.25) is 0 Å². The van der Waals surface area contributed by atoms with Crippen LogP contribution in [0.15, 0.2) is 30.3 Å². The molecule has 1 aliphatic heterocycles. The van der Waals surface area contributed by atoms with E-state index in [1.165, 1.54) is 0 Å². The van der Waals surface area contributed by atoms with Crippen LogP contribution in [0.4, 0.5) is 4.79 Å². The number of hydrogen-bond donors (Lipinski definition) is 3. The summed E-state index contributed by atoms with van der Waals surface area (Å²) < 4.78 is 11.5. The first-order valence-corrected chi connectivity index (χ1v) is 15.7. The van der Waals surface area contributed by atoms with Gasteiger partial charge >= 0.3 is 6.09 Å². The highest BCUT2D eigenvalue weighted by Crippen LogP contribution is 2.31. The number of Topliss-reactive ketones (excluding diaryl/α,β-unsaturated/α-hetero) is 1. The van der Waals surface area contributed by atoms with Gasteiger partial charge in [0, 0.05) is 24.8 Å². The smallest absolute Gasteiger partial charge is 0.408 e. The number of nitrogens with one attached hydrogen (secondary N) is 3. The Kier molecular flexibility index (Phi) is 13.2. The Morgan fingerprint density at radius 2 is 1.72 bits per heavy atom. The molecule has 5 atom stereocenters. The molecule has 3 amide bonds. The Morgan fingerprint density at radius 3 is 2.33 bits per heavy atom. The molecular weight excluding hydrogens is 550 g/mol. The molecule has 1 saturated heterocycles. The topological polar surface area (TPSA) is 140 Å². The van der Waals surface area contributed by atoms with E-state index >= 15 is 0 Å². The minimum Gasteiger partial charge on any atom is -0.445 e. The molecule has 3 rings (SSSR count). The number of ether oxygens (including phenoxy) is 2. The second-order valence-electron chi connectivity index (χ2n) is 13.0. The quantitative estimate of drug-likeness (QED) is 0.256. The number of carbonyl (C=O) groups is 5. The molecule has 0 spiro atoms. The SMILES string of the molecule is CC(OC(C)(C)C)[C@H](NC(=O)OCc1ccccc1)C(=O)C[C@@H](CC1CCCCC1)C(=O)N[C@H](C=O)C[C@@H]1CCNC1=O. The van der Waals surface area contributed by atoms with Gasteiger partial charge in [-0.2, -0.15) is 0 Å². The summed E-state index contributed by atoms with van der Waals surface area (Å²) in [4.78, 5) is 64.3. The fourth-order valence-electron chi connectivity index (χ4n) is 6.08. The van der Waals surface area contributed by atoms with Gasteiger partial charge in [-0.25, -0.2) is 4.79 Å². The van der Waals surface area contributed by atoms with Crippen LogP contribution in [0.5, 0.6) is 0 Å². The van der Waals surface area contributed by atoms with Crippen molar-refractivity contribution in [3.63, 3.8) is 0 Å². The van der Waals surface area contributed by atoms with Gasteiger partial charge in [0.1, 0.15) is 18.9 Å². The van der Waals surface area contributed by atoms with Crippen LogP contribution in [-0.4, -0.2) is 60.3 Å². The van der Waals surface area contributed by atoms with Crippen molar-refractivity contribution in [2.45, 2.75) is 116 Å². The van der Waals surface area contributed by atoms with E-state index in [1.807, 2.05) is 51.1 Å². The summed E-state index contributed by atoms with van der Waals surface area (Å²) in [6.07, 6.45) is 5.70. The number of alkyl carbamates (subject to hydrolysis) is 1. The lowest BCUT2D eigenvalue weighted by Gasteiger charge is -2.32. The van der Waals surface area contributed by atoms with E-state index in [0.717, 1.165) is 37.7 Å². The van der Waals surface area contributed by atoms with Crippen molar-refractivity contribution in [3.8, 4) is 0 Å². The number of aldehydes is 1. The highest BCUT2D eigenvalue weighted by Gasteiger charge is 2.36. The summed E-state index contributed by atoms with van der Waals surface area (Å²) in [6.45, 7) is 7.91. The summed E-state index contributed by atoms with van der Waals surface area (Å²) in [5.74, 6) is -1.58. The van der Waals surface area contributed by atoms with Crippen LogP contribution in [0.3, 0.4) is 0 Å². The Bertz CT molecular complexity index is 1080. The van der Waals surface area contributed by atoms with Crippen molar-refractivity contribution in [2.24, 2.45) is 17.8 Å². The largest absolute Gasteiger partial charge is 0.445 e. The molecule has 1 heterocycles. The first-order valence-electron chi connectivity index (χ1n) is 15.7. The Labute approximate surface area is 255 Å². The van der Waals surface area contributed by atoms with Gasteiger partial charge in [-0.3, -0.25) is 14.4 Å². The first kappa shape index (κ1) is 34.2. The number of rotatable bonds is 15. The molecule has 43 heavy (non-hydrogen) atoms. The van der Waals surface area contributed by atoms with Crippen LogP contribution in [0, 0.1) is 17.8 Å². The average molecular weight is 600 g/mol. The summed E-state index contributed by atoms with van der Waals surface area (Å²) in [5, 5.41) is 8.27. The van der Waals surface area contributed by atoms with Gasteiger partial charge in [-0.05, 0) is 58.4 Å². The van der Waals surface area contributed by atoms with Crippen LogP contribution in [0.1, 0.15) is 91.0 Å². The van der Waals surface area contributed by atoms with Gasteiger partial charge < -0.3 is 30.2 Å². The molecular formula is C33H49N3O7. The molecule has 10 nitrogen and oxygen atoms in total. The normalized spacial score (nSPS) is 20.3. The summed E-state index contributed by atoms with van der Waals surface area (Å²) in [7, 11) is 0. The lowest BCUT2D eigenvalue weighted by molar-refractivity contribution is -0.135. The van der Waals surface area contributed by atoms with E-state index in [2.05, 4.69) is 16.0 Å². The lowest BCUT2D eigenvalue weighted by atomic mass is 9.80. The lowest BCUT2D eigenvalue weighted by Crippen LogP contribution is -2.51. The average Bonchev–Trinajstić information content (AvgIpc) is 3.37. The van der Waals surface area contributed by atoms with Crippen molar-refractivity contribution < 1.29 is 33.4 Å². The van der Waals surface area contributed by atoms with Crippen molar-refractivity contribution in [1.29, 1.82) is 0 Å². The van der Waals surface area contributed by atoms with Gasteiger partial charge in [0.05, 0.1) is 17.7 Å². The Balaban J connectivity index is 1.73. The Morgan fingerprint density at radius 1 is 1.02 bits per heavy atom. The van der Waals surface area contributed by atoms with Gasteiger partial charge in [0.2, 0.25) is 11.8 Å². The zero-order chi connectivity index (χ0) is 31.4. The molecule has 1 saturated carbocycles. The number of carbonyl (C=O) groups excluding carboxylic acids is 5. The minimum atomic E-state index is -1.05. The molecule has 10 heteroatoms. The molecule has 1 aromatic carbocycles. The van der Waals surface area contributed by atoms with E-state index < -0.39 is 35.8 Å². The zero-order valence-corrected chi connectivity index (χ0v) is 26.1. The van der Waals surface area contributed by atoms with Gasteiger partial charge in [-0.1, -0.05) is 62.4 Å². The minimum absolute atomic E-state index is 0.0426. The van der Waals surface area contributed by atoms with Crippen LogP contribution in [-0.2, 0) is 35.3 Å². The Hall–Kier alpha value is -3.27. The number of amides is 3. The van der Waals surface area contributed by atoms with Crippen molar-refractivity contribution in [3.05, 3.63) is 35.9 Å². The molecule has 2 fully saturated rings. The van der Waals surface area contributed by atoms with E-state index in [9.17, 15) is 24.0 Å². The second-order valence-corrected chi connectivity index (χ2v) is 13.0. The number of hydrogen-bond acceptors (Lipinski definition) is 7. The molecule has 3 N–H and O–H groups in total. The summed E-state index contributed by atoms with van der Waals surface area (Å²) in [6, 6.07) is 7.35. The maximum Gasteiger partial charge on any atom is 0.408 e. The summed E-state index contributed by atoms with van der Waals surface area (Å²) >= 11 is 0. The zero-order valence-electron chi connectivity index (χ0n) is 26.1. The van der Waals surface area contributed by atoms with Crippen molar-refractivity contribution in [1.82, 2.24) is 16.0 Å². The van der Waals surface area contributed by atoms with E-state index in [4.69, 9.17) is 9.47 Å². The third kappa shape index (κ3) is 11.7. The summed E-state index contributed by atoms with van der Waals surface area (Å²) in [5.41, 5.74) is 0.222. The van der Waals surface area contributed by atoms with Gasteiger partial charge in [0.15, 0.2) is 5.78 Å². The molecule has 2 aliphatic rings. The molecule has 1 unspecified atom stereocenters. The predicted octanol–water partition coefficient (Wildman–Crippen LogP) is 4.24. The molecule has 1 aliphatic carbocycles. The van der Waals surface area contributed by atoms with Crippen LogP contribution in [0.25, 0.3) is 0 Å². The fraction of sp³-hybridized carbons (Fsp3) is 0.667. The third-order valence-electron chi connectivity index (χ3n) is 8.20. The van der Waals surface area contributed by atoms with Crippen molar-refractivity contribution >= 4 is 30.0 Å². The first-order chi connectivity index (χ1) is 20.4. The standard InChI is InChI=1S/C33H49N3O7/c1-22(43-33(2,3)4)29(36-32(41)42-21-24-13-9-6-10-14-24)28(38)19-26(17-23-11-7-5-8-12-23)31(40)35-27(20-37)18-25-15-16-34-30(25)39/h6,9-10,13-14,20,22-23,25-27,29H,5,7-8,11-12,15-19,21H2,1-4H3,(H,34,39)(H,35,40)(H,36,41)/t22?,25-,26+,27-,29-/m0/s1. The third-order valence-corrected chi connectivity index (χ3v) is 8.20. The van der Waals surface area contributed by atoms with E-state index in [-0.39, 0.29) is 48.9 Å². The second kappa shape index (κ2) is 16.5. The predicted molar refractivity (Wildman–Crippen MR) is 162 cm³/mol. The molecule has 238 valence electrons. The van der Waals surface area contributed by atoms with E-state index in [1.54, 1.807) is 6.92 Å². The maximum absolute atomic E-state index is 13.9. The van der Waals surface area contributed by atoms with Gasteiger partial charge in [-0.15, -0.1) is 0 Å². The maximum atomic E-state index is 13.9. The molecule has 0 radical (unpaired) electrons. The number of benzene rings is 1.